The molecule has 1 N–H and O–H groups in total. The Bertz CT molecular complexity index is 495. The van der Waals surface area contributed by atoms with Gasteiger partial charge in [0, 0.05) is 18.0 Å². The van der Waals surface area contributed by atoms with E-state index in [-0.39, 0.29) is 5.41 Å². The maximum Gasteiger partial charge on any atom is 0.413 e. The Balaban J connectivity index is 3.51. The van der Waals surface area contributed by atoms with Crippen LogP contribution in [0.25, 0.3) is 0 Å². The topological polar surface area (TPSA) is 58.4 Å². The van der Waals surface area contributed by atoms with Crippen molar-refractivity contribution >= 4 is 27.8 Å². The summed E-state index contributed by atoms with van der Waals surface area (Å²) in [5.41, 5.74) is 0.147. The van der Waals surface area contributed by atoms with Gasteiger partial charge < -0.3 is 5.11 Å². The highest BCUT2D eigenvalue weighted by atomic mass is 79.9. The fourth-order valence-electron chi connectivity index (χ4n) is 1.91. The molecule has 1 amide bonds. The highest BCUT2D eigenvalue weighted by Gasteiger charge is 2.35. The van der Waals surface area contributed by atoms with E-state index in [1.54, 1.807) is 11.7 Å². The lowest BCUT2D eigenvalue weighted by molar-refractivity contribution is 0.195. The highest BCUT2D eigenvalue weighted by molar-refractivity contribution is 9.10. The van der Waals surface area contributed by atoms with Gasteiger partial charge in [-0.2, -0.15) is 5.10 Å². The molecule has 1 aromatic heterocycles. The molecular weight excluding hydrogens is 310 g/mol. The van der Waals surface area contributed by atoms with Crippen molar-refractivity contribution in [1.29, 1.82) is 0 Å². The zero-order valence-electron chi connectivity index (χ0n) is 12.6. The summed E-state index contributed by atoms with van der Waals surface area (Å²) in [7, 11) is 1.76. The van der Waals surface area contributed by atoms with Gasteiger partial charge in [0.2, 0.25) is 0 Å². The normalized spacial score (nSPS) is 12.6. The summed E-state index contributed by atoms with van der Waals surface area (Å²) in [6, 6.07) is 0. The summed E-state index contributed by atoms with van der Waals surface area (Å²) >= 11 is 3.51. The van der Waals surface area contributed by atoms with Crippen molar-refractivity contribution in [1.82, 2.24) is 9.78 Å². The van der Waals surface area contributed by atoms with Crippen LogP contribution in [0.4, 0.5) is 10.6 Å². The predicted octanol–water partition coefficient (Wildman–Crippen LogP) is 3.76. The molecule has 0 aliphatic rings. The smallest absolute Gasteiger partial charge is 0.413 e. The molecule has 5 nitrogen and oxygen atoms in total. The van der Waals surface area contributed by atoms with Crippen LogP contribution in [0.15, 0.2) is 4.47 Å². The molecule has 0 saturated heterocycles. The van der Waals surface area contributed by atoms with Gasteiger partial charge in [-0.3, -0.25) is 9.58 Å². The summed E-state index contributed by atoms with van der Waals surface area (Å²) in [4.78, 5) is 12.9. The molecule has 1 aromatic rings. The fourth-order valence-corrected chi connectivity index (χ4v) is 3.01. The second kappa shape index (κ2) is 4.81. The number of aromatic nitrogens is 2. The molecule has 19 heavy (non-hydrogen) atoms. The minimum absolute atomic E-state index is 0.156. The summed E-state index contributed by atoms with van der Waals surface area (Å²) in [5, 5.41) is 14.0. The first kappa shape index (κ1) is 16.0. The third-order valence-corrected chi connectivity index (χ3v) is 3.48. The number of carboxylic acid groups (broad SMARTS) is 1. The van der Waals surface area contributed by atoms with Gasteiger partial charge in [0.1, 0.15) is 0 Å². The minimum atomic E-state index is -0.989. The first-order valence-corrected chi connectivity index (χ1v) is 6.92. The van der Waals surface area contributed by atoms with Crippen LogP contribution in [0.2, 0.25) is 0 Å². The Kier molecular flexibility index (Phi) is 4.06. The van der Waals surface area contributed by atoms with Crippen LogP contribution in [0.1, 0.15) is 47.2 Å². The first-order chi connectivity index (χ1) is 8.37. The van der Waals surface area contributed by atoms with Crippen molar-refractivity contribution in [2.75, 3.05) is 4.90 Å². The molecule has 0 bridgehead atoms. The number of carbonyl (C=O) groups is 1. The van der Waals surface area contributed by atoms with Crippen LogP contribution < -0.4 is 4.90 Å². The van der Waals surface area contributed by atoms with Gasteiger partial charge in [-0.25, -0.2) is 4.79 Å². The SMILES string of the molecule is Cn1nc(C(C)(C)C)c(Br)c1N(C(=O)O)C(C)(C)C. The molecule has 108 valence electrons. The molecule has 1 heterocycles. The van der Waals surface area contributed by atoms with E-state index in [0.717, 1.165) is 10.2 Å². The quantitative estimate of drug-likeness (QED) is 0.852. The maximum atomic E-state index is 11.6. The Morgan fingerprint density at radius 3 is 2.00 bits per heavy atom. The molecule has 0 aliphatic carbocycles. The van der Waals surface area contributed by atoms with Crippen LogP contribution in [-0.2, 0) is 12.5 Å². The lowest BCUT2D eigenvalue weighted by Gasteiger charge is -2.33. The number of amides is 1. The Morgan fingerprint density at radius 1 is 1.26 bits per heavy atom. The van der Waals surface area contributed by atoms with Gasteiger partial charge in [0.15, 0.2) is 5.82 Å². The molecule has 1 rings (SSSR count). The monoisotopic (exact) mass is 331 g/mol. The number of hydrogen-bond acceptors (Lipinski definition) is 2. The number of hydrogen-bond donors (Lipinski definition) is 1. The zero-order valence-corrected chi connectivity index (χ0v) is 14.2. The van der Waals surface area contributed by atoms with E-state index in [9.17, 15) is 9.90 Å². The molecule has 0 aromatic carbocycles. The van der Waals surface area contributed by atoms with E-state index in [2.05, 4.69) is 21.0 Å². The van der Waals surface area contributed by atoms with Crippen LogP contribution in [0.5, 0.6) is 0 Å². The maximum absolute atomic E-state index is 11.6. The van der Waals surface area contributed by atoms with Crippen molar-refractivity contribution in [3.8, 4) is 0 Å². The molecule has 0 spiro atoms. The standard InChI is InChI=1S/C13H22BrN3O2/c1-12(2,3)9-8(14)10(16(7)15-9)17(11(18)19)13(4,5)6/h1-7H3,(H,18,19). The van der Waals surface area contributed by atoms with Gasteiger partial charge in [0.05, 0.1) is 10.2 Å². The third kappa shape index (κ3) is 3.11. The van der Waals surface area contributed by atoms with Crippen LogP contribution in [-0.4, -0.2) is 26.5 Å². The lowest BCUT2D eigenvalue weighted by atomic mass is 9.92. The van der Waals surface area contributed by atoms with Crippen molar-refractivity contribution in [3.05, 3.63) is 10.2 Å². The summed E-state index contributed by atoms with van der Waals surface area (Å²) in [6.45, 7) is 11.7. The first-order valence-electron chi connectivity index (χ1n) is 6.13. The molecular formula is C13H22BrN3O2. The van der Waals surface area contributed by atoms with E-state index >= 15 is 0 Å². The van der Waals surface area contributed by atoms with Gasteiger partial charge in [-0.1, -0.05) is 20.8 Å². The Hall–Kier alpha value is -1.04. The summed E-state index contributed by atoms with van der Waals surface area (Å²) in [5.74, 6) is 0.560. The molecule has 0 unspecified atom stereocenters. The summed E-state index contributed by atoms with van der Waals surface area (Å²) in [6.07, 6.45) is -0.989. The third-order valence-electron chi connectivity index (χ3n) is 2.75. The van der Waals surface area contributed by atoms with Gasteiger partial charge in [0.25, 0.3) is 0 Å². The molecule has 0 radical (unpaired) electrons. The molecule has 0 atom stereocenters. The zero-order chi connectivity index (χ0) is 15.2. The van der Waals surface area contributed by atoms with Crippen molar-refractivity contribution in [3.63, 3.8) is 0 Å². The lowest BCUT2D eigenvalue weighted by Crippen LogP contribution is -2.46. The Labute approximate surface area is 122 Å². The van der Waals surface area contributed by atoms with Crippen LogP contribution in [0, 0.1) is 0 Å². The van der Waals surface area contributed by atoms with Crippen LogP contribution in [0.3, 0.4) is 0 Å². The van der Waals surface area contributed by atoms with Crippen molar-refractivity contribution in [2.45, 2.75) is 52.5 Å². The molecule has 0 saturated carbocycles. The van der Waals surface area contributed by atoms with E-state index in [0.29, 0.717) is 5.82 Å². The van der Waals surface area contributed by atoms with Crippen molar-refractivity contribution < 1.29 is 9.90 Å². The minimum Gasteiger partial charge on any atom is -0.465 e. The number of anilines is 1. The van der Waals surface area contributed by atoms with Gasteiger partial charge in [-0.05, 0) is 36.7 Å². The van der Waals surface area contributed by atoms with E-state index in [1.165, 1.54) is 4.90 Å². The second-order valence-corrected chi connectivity index (χ2v) is 7.44. The fraction of sp³-hybridized carbons (Fsp3) is 0.692. The number of nitrogens with zero attached hydrogens (tertiary/aromatic N) is 3. The number of halogens is 1. The largest absolute Gasteiger partial charge is 0.465 e. The molecule has 0 aliphatic heterocycles. The van der Waals surface area contributed by atoms with Gasteiger partial charge in [-0.15, -0.1) is 0 Å². The van der Waals surface area contributed by atoms with Gasteiger partial charge >= 0.3 is 6.09 Å². The number of rotatable bonds is 1. The van der Waals surface area contributed by atoms with Crippen molar-refractivity contribution in [2.24, 2.45) is 7.05 Å². The molecule has 6 heteroatoms. The average molecular weight is 332 g/mol. The number of aryl methyl sites for hydroxylation is 1. The second-order valence-electron chi connectivity index (χ2n) is 6.65. The predicted molar refractivity (Wildman–Crippen MR) is 79.9 cm³/mol. The average Bonchev–Trinajstić information content (AvgIpc) is 2.42. The molecule has 0 fully saturated rings. The van der Waals surface area contributed by atoms with E-state index < -0.39 is 11.6 Å². The van der Waals surface area contributed by atoms with E-state index in [4.69, 9.17) is 0 Å². The van der Waals surface area contributed by atoms with E-state index in [1.807, 2.05) is 41.5 Å². The Morgan fingerprint density at radius 2 is 1.74 bits per heavy atom. The van der Waals surface area contributed by atoms with Crippen LogP contribution >= 0.6 is 15.9 Å². The summed E-state index contributed by atoms with van der Waals surface area (Å²) < 4.78 is 2.35. The highest BCUT2D eigenvalue weighted by Crippen LogP contribution is 2.38.